The fourth-order valence-corrected chi connectivity index (χ4v) is 6.03. The van der Waals surface area contributed by atoms with E-state index in [1.165, 1.54) is 0 Å². The van der Waals surface area contributed by atoms with Gasteiger partial charge in [-0.15, -0.1) is 0 Å². The highest BCUT2D eigenvalue weighted by Crippen LogP contribution is 2.49. The van der Waals surface area contributed by atoms with Gasteiger partial charge in [-0.1, -0.05) is 28.2 Å². The number of aliphatic carboxylic acids is 1. The second-order valence-corrected chi connectivity index (χ2v) is 12.2. The van der Waals surface area contributed by atoms with Gasteiger partial charge in [0.2, 0.25) is 5.89 Å². The number of amides is 1. The summed E-state index contributed by atoms with van der Waals surface area (Å²) < 4.78 is 10.1. The minimum Gasteiger partial charge on any atom is -0.509 e. The molecule has 0 bridgehead atoms. The summed E-state index contributed by atoms with van der Waals surface area (Å²) in [6, 6.07) is 2.07. The number of hydrogen-bond acceptors (Lipinski definition) is 8. The van der Waals surface area contributed by atoms with Crippen molar-refractivity contribution in [2.45, 2.75) is 55.6 Å². The number of aliphatic hydroxyl groups is 1. The van der Waals surface area contributed by atoms with Gasteiger partial charge >= 0.3 is 17.7 Å². The van der Waals surface area contributed by atoms with Gasteiger partial charge in [-0.3, -0.25) is 10.1 Å². The van der Waals surface area contributed by atoms with E-state index in [1.54, 1.807) is 45.9 Å². The molecule has 2 atom stereocenters. The van der Waals surface area contributed by atoms with E-state index in [2.05, 4.69) is 10.3 Å². The number of fused-ring (bicyclic) bond motifs is 1. The standard InChI is InChI=1S/C23H25I2N3O7/c1-10-14(28-21(33)35-22(2,3)4)5-6-15-16(10)19(32)34-20(27-15)23(25)9-11(7-12(24)17(23)29)8-13(26)18(30)31/h5-7,13,29H,8-9,26H2,1-4H3,(H,28,33)(H,30,31)/t13-,23?/m0/s1. The number of allylic oxidation sites excluding steroid dienone is 3. The minimum absolute atomic E-state index is 0.0241. The van der Waals surface area contributed by atoms with Crippen LogP contribution in [-0.2, 0) is 13.0 Å². The summed E-state index contributed by atoms with van der Waals surface area (Å²) in [5, 5.41) is 22.9. The Balaban J connectivity index is 2.01. The molecule has 0 aliphatic heterocycles. The Morgan fingerprint density at radius 1 is 1.37 bits per heavy atom. The molecule has 1 aromatic heterocycles. The van der Waals surface area contributed by atoms with Crippen molar-refractivity contribution in [3.63, 3.8) is 0 Å². The monoisotopic (exact) mass is 709 g/mol. The van der Waals surface area contributed by atoms with Crippen LogP contribution in [0.3, 0.4) is 0 Å². The number of carboxylic acid groups (broad SMARTS) is 1. The number of carbonyl (C=O) groups excluding carboxylic acids is 1. The normalized spacial score (nSPS) is 19.3. The molecule has 3 rings (SSSR count). The van der Waals surface area contributed by atoms with Crippen molar-refractivity contribution >= 4 is 73.8 Å². The van der Waals surface area contributed by atoms with E-state index in [4.69, 9.17) is 20.0 Å². The van der Waals surface area contributed by atoms with Gasteiger partial charge in [0.25, 0.3) is 0 Å². The van der Waals surface area contributed by atoms with Crippen molar-refractivity contribution in [1.29, 1.82) is 0 Å². The minimum atomic E-state index is -1.23. The number of carboxylic acids is 1. The van der Waals surface area contributed by atoms with Crippen LogP contribution in [0.2, 0.25) is 0 Å². The van der Waals surface area contributed by atoms with Gasteiger partial charge in [-0.05, 0) is 86.9 Å². The number of nitrogens with one attached hydrogen (secondary N) is 1. The third-order valence-electron chi connectivity index (χ3n) is 5.24. The van der Waals surface area contributed by atoms with Crippen LogP contribution in [0.5, 0.6) is 0 Å². The average Bonchev–Trinajstić information content (AvgIpc) is 2.72. The lowest BCUT2D eigenvalue weighted by Gasteiger charge is -2.30. The molecular weight excluding hydrogens is 684 g/mol. The highest BCUT2D eigenvalue weighted by Gasteiger charge is 2.43. The van der Waals surface area contributed by atoms with Gasteiger partial charge in [-0.2, -0.15) is 0 Å². The van der Waals surface area contributed by atoms with Crippen LogP contribution in [0, 0.1) is 6.92 Å². The highest BCUT2D eigenvalue weighted by atomic mass is 127. The quantitative estimate of drug-likeness (QED) is 0.252. The number of anilines is 1. The molecule has 1 unspecified atom stereocenters. The van der Waals surface area contributed by atoms with Crippen LogP contribution in [0.1, 0.15) is 45.1 Å². The highest BCUT2D eigenvalue weighted by molar-refractivity contribution is 14.1. The van der Waals surface area contributed by atoms with Crippen LogP contribution < -0.4 is 16.7 Å². The molecule has 1 aliphatic rings. The second-order valence-electron chi connectivity index (χ2n) is 9.19. The Labute approximate surface area is 228 Å². The molecule has 0 fully saturated rings. The molecular formula is C23H25I2N3O7. The Morgan fingerprint density at radius 2 is 2.03 bits per heavy atom. The van der Waals surface area contributed by atoms with Gasteiger partial charge in [0.05, 0.1) is 14.5 Å². The molecule has 1 amide bonds. The SMILES string of the molecule is Cc1c(NC(=O)OC(C)(C)C)ccc2nc(C3(I)CC(C[C@H](N)C(=O)O)=CC(I)=C3O)oc(=O)c12. The first kappa shape index (κ1) is 27.4. The Hall–Kier alpha value is -2.20. The lowest BCUT2D eigenvalue weighted by atomic mass is 9.88. The predicted molar refractivity (Wildman–Crippen MR) is 147 cm³/mol. The zero-order valence-electron chi connectivity index (χ0n) is 19.4. The number of aromatic nitrogens is 1. The van der Waals surface area contributed by atoms with E-state index in [-0.39, 0.29) is 29.9 Å². The average molecular weight is 709 g/mol. The zero-order chi connectivity index (χ0) is 26.3. The summed E-state index contributed by atoms with van der Waals surface area (Å²) in [5.41, 5.74) is 6.15. The molecule has 1 heterocycles. The van der Waals surface area contributed by atoms with Crippen molar-refractivity contribution in [2.24, 2.45) is 5.73 Å². The molecule has 10 nitrogen and oxygen atoms in total. The molecule has 5 N–H and O–H groups in total. The summed E-state index contributed by atoms with van der Waals surface area (Å²) >= 11 is 3.89. The zero-order valence-corrected chi connectivity index (χ0v) is 23.8. The first-order valence-electron chi connectivity index (χ1n) is 10.5. The number of ether oxygens (including phenoxy) is 1. The molecule has 0 saturated carbocycles. The number of alkyl halides is 1. The molecule has 188 valence electrons. The second kappa shape index (κ2) is 10.0. The third kappa shape index (κ3) is 5.97. The van der Waals surface area contributed by atoms with Gasteiger partial charge in [-0.25, -0.2) is 14.6 Å². The summed E-state index contributed by atoms with van der Waals surface area (Å²) in [6.07, 6.45) is 1.24. The number of nitrogens with two attached hydrogens (primary N) is 1. The third-order valence-corrected chi connectivity index (χ3v) is 7.41. The summed E-state index contributed by atoms with van der Waals surface area (Å²) in [7, 11) is 0. The largest absolute Gasteiger partial charge is 0.509 e. The molecule has 0 spiro atoms. The van der Waals surface area contributed by atoms with Crippen LogP contribution in [0.4, 0.5) is 10.5 Å². The Morgan fingerprint density at radius 3 is 2.63 bits per heavy atom. The van der Waals surface area contributed by atoms with Gasteiger partial charge in [0.1, 0.15) is 17.4 Å². The van der Waals surface area contributed by atoms with Crippen molar-refractivity contribution in [3.05, 3.63) is 55.0 Å². The van der Waals surface area contributed by atoms with Gasteiger partial charge in [0.15, 0.2) is 3.42 Å². The van der Waals surface area contributed by atoms with Gasteiger partial charge in [0, 0.05) is 5.69 Å². The first-order valence-corrected chi connectivity index (χ1v) is 12.7. The summed E-state index contributed by atoms with van der Waals surface area (Å²) in [4.78, 5) is 41.0. The van der Waals surface area contributed by atoms with Crippen molar-refractivity contribution in [2.75, 3.05) is 5.32 Å². The number of hydrogen-bond donors (Lipinski definition) is 4. The van der Waals surface area contributed by atoms with Crippen molar-refractivity contribution in [3.8, 4) is 0 Å². The molecule has 0 radical (unpaired) electrons. The summed E-state index contributed by atoms with van der Waals surface area (Å²) in [5.74, 6) is -1.22. The number of aliphatic hydroxyl groups excluding tert-OH is 1. The van der Waals surface area contributed by atoms with Crippen molar-refractivity contribution in [1.82, 2.24) is 4.98 Å². The van der Waals surface area contributed by atoms with E-state index >= 15 is 0 Å². The van der Waals surface area contributed by atoms with Crippen molar-refractivity contribution < 1.29 is 29.0 Å². The fourth-order valence-electron chi connectivity index (χ4n) is 3.60. The van der Waals surface area contributed by atoms with Crippen LogP contribution >= 0.6 is 45.2 Å². The van der Waals surface area contributed by atoms with Crippen LogP contribution in [0.15, 0.2) is 42.3 Å². The van der Waals surface area contributed by atoms with E-state index in [1.807, 2.05) is 45.2 Å². The molecule has 35 heavy (non-hydrogen) atoms. The van der Waals surface area contributed by atoms with E-state index < -0.39 is 32.8 Å². The van der Waals surface area contributed by atoms with E-state index in [0.717, 1.165) is 0 Å². The first-order chi connectivity index (χ1) is 16.1. The Bertz CT molecular complexity index is 1330. The fraction of sp³-hybridized carbons (Fsp3) is 0.391. The van der Waals surface area contributed by atoms with Gasteiger partial charge < -0.3 is 25.1 Å². The number of aryl methyl sites for hydroxylation is 1. The number of benzene rings is 1. The molecule has 2 aromatic rings. The molecule has 12 heteroatoms. The lowest BCUT2D eigenvalue weighted by Crippen LogP contribution is -2.33. The maximum absolute atomic E-state index is 13.0. The van der Waals surface area contributed by atoms with E-state index in [0.29, 0.717) is 25.9 Å². The molecule has 1 aromatic carbocycles. The number of carbonyl (C=O) groups is 2. The van der Waals surface area contributed by atoms with Crippen LogP contribution in [0.25, 0.3) is 10.9 Å². The lowest BCUT2D eigenvalue weighted by molar-refractivity contribution is -0.138. The maximum Gasteiger partial charge on any atom is 0.412 e. The summed E-state index contributed by atoms with van der Waals surface area (Å²) in [6.45, 7) is 6.88. The topological polar surface area (TPSA) is 165 Å². The predicted octanol–water partition coefficient (Wildman–Crippen LogP) is 4.81. The number of rotatable bonds is 5. The van der Waals surface area contributed by atoms with Crippen LogP contribution in [-0.4, -0.2) is 38.9 Å². The Kier molecular flexibility index (Phi) is 7.86. The number of nitrogens with zero attached hydrogens (tertiary/aromatic N) is 1. The molecule has 0 saturated heterocycles. The smallest absolute Gasteiger partial charge is 0.412 e. The number of halogens is 2. The molecule has 1 aliphatic carbocycles. The maximum atomic E-state index is 13.0. The van der Waals surface area contributed by atoms with E-state index in [9.17, 15) is 19.5 Å².